The van der Waals surface area contributed by atoms with E-state index in [0.717, 1.165) is 23.3 Å². The number of methoxy groups -OCH3 is 1. The van der Waals surface area contributed by atoms with E-state index in [9.17, 15) is 13.2 Å². The fourth-order valence-electron chi connectivity index (χ4n) is 4.25. The van der Waals surface area contributed by atoms with Crippen LogP contribution in [0.25, 0.3) is 11.0 Å². The molecule has 0 spiro atoms. The molecule has 2 aromatic heterocycles. The van der Waals surface area contributed by atoms with E-state index in [2.05, 4.69) is 10.1 Å². The van der Waals surface area contributed by atoms with Crippen LogP contribution in [-0.4, -0.2) is 48.0 Å². The molecule has 0 saturated carbocycles. The molecule has 1 atom stereocenters. The fraction of sp³-hybridized carbons (Fsp3) is 0.240. The van der Waals surface area contributed by atoms with Crippen LogP contribution in [0.3, 0.4) is 0 Å². The summed E-state index contributed by atoms with van der Waals surface area (Å²) >= 11 is 0. The number of para-hydroxylation sites is 2. The molecule has 4 aromatic rings. The van der Waals surface area contributed by atoms with Crippen LogP contribution < -0.4 is 4.74 Å². The average molecular weight is 493 g/mol. The van der Waals surface area contributed by atoms with Gasteiger partial charge in [-0.1, -0.05) is 12.1 Å². The van der Waals surface area contributed by atoms with E-state index in [1.807, 2.05) is 48.5 Å². The summed E-state index contributed by atoms with van der Waals surface area (Å²) in [7, 11) is -1.76. The van der Waals surface area contributed by atoms with Crippen molar-refractivity contribution in [3.8, 4) is 5.75 Å². The number of ether oxygens (including phenoxy) is 1. The zero-order valence-corrected chi connectivity index (χ0v) is 20.1. The topological polar surface area (TPSA) is 107 Å². The Labute approximate surface area is 202 Å². The maximum atomic E-state index is 13.6. The van der Waals surface area contributed by atoms with Gasteiger partial charge in [0.25, 0.3) is 5.91 Å². The largest absolute Gasteiger partial charge is 0.497 e. The zero-order chi connectivity index (χ0) is 24.6. The maximum Gasteiger partial charge on any atom is 0.263 e. The number of aromatic nitrogens is 2. The van der Waals surface area contributed by atoms with Gasteiger partial charge in [0.1, 0.15) is 35.7 Å². The van der Waals surface area contributed by atoms with Crippen LogP contribution in [0.5, 0.6) is 5.75 Å². The predicted molar refractivity (Wildman–Crippen MR) is 131 cm³/mol. The van der Waals surface area contributed by atoms with E-state index in [4.69, 9.17) is 9.15 Å². The molecule has 5 rings (SSSR count). The van der Waals surface area contributed by atoms with Gasteiger partial charge in [-0.15, -0.1) is 0 Å². The van der Waals surface area contributed by atoms with Gasteiger partial charge < -0.3 is 13.7 Å². The summed E-state index contributed by atoms with van der Waals surface area (Å²) in [5, 5.41) is 6.09. The number of carbonyl (C=O) groups is 1. The van der Waals surface area contributed by atoms with Crippen LogP contribution in [0, 0.1) is 0 Å². The summed E-state index contributed by atoms with van der Waals surface area (Å²) in [4.78, 5) is 18.1. The van der Waals surface area contributed by atoms with Crippen molar-refractivity contribution in [1.29, 1.82) is 0 Å². The molecule has 0 unspecified atom stereocenters. The Morgan fingerprint density at radius 1 is 1.11 bits per heavy atom. The Morgan fingerprint density at radius 2 is 1.89 bits per heavy atom. The molecule has 0 bridgehead atoms. The van der Waals surface area contributed by atoms with Gasteiger partial charge in [-0.2, -0.15) is 5.10 Å². The normalized spacial score (nSPS) is 16.0. The molecule has 0 radical (unpaired) electrons. The maximum absolute atomic E-state index is 13.6. The van der Waals surface area contributed by atoms with Crippen LogP contribution in [0.15, 0.2) is 76.4 Å². The lowest BCUT2D eigenvalue weighted by atomic mass is 10.0. The Morgan fingerprint density at radius 3 is 2.57 bits per heavy atom. The molecule has 180 valence electrons. The molecule has 0 fully saturated rings. The van der Waals surface area contributed by atoms with E-state index in [1.165, 1.54) is 5.01 Å². The van der Waals surface area contributed by atoms with Gasteiger partial charge in [-0.25, -0.2) is 18.4 Å². The Hall–Kier alpha value is -3.92. The molecule has 1 aliphatic heterocycles. The van der Waals surface area contributed by atoms with Crippen molar-refractivity contribution < 1.29 is 22.4 Å². The van der Waals surface area contributed by atoms with Gasteiger partial charge in [0.05, 0.1) is 30.1 Å². The van der Waals surface area contributed by atoms with Crippen molar-refractivity contribution in [3.63, 3.8) is 0 Å². The molecule has 1 aliphatic rings. The molecule has 10 heteroatoms. The minimum atomic E-state index is -3.36. The van der Waals surface area contributed by atoms with Gasteiger partial charge in [0.15, 0.2) is 9.84 Å². The predicted octanol–water partition coefficient (Wildman–Crippen LogP) is 3.56. The summed E-state index contributed by atoms with van der Waals surface area (Å²) < 4.78 is 36.6. The van der Waals surface area contributed by atoms with Gasteiger partial charge >= 0.3 is 0 Å². The van der Waals surface area contributed by atoms with Crippen LogP contribution >= 0.6 is 0 Å². The Balaban J connectivity index is 1.50. The van der Waals surface area contributed by atoms with Crippen molar-refractivity contribution in [3.05, 3.63) is 84.1 Å². The minimum absolute atomic E-state index is 0.109. The van der Waals surface area contributed by atoms with E-state index < -0.39 is 15.9 Å². The second kappa shape index (κ2) is 9.03. The highest BCUT2D eigenvalue weighted by Gasteiger charge is 2.35. The van der Waals surface area contributed by atoms with Gasteiger partial charge in [0.2, 0.25) is 0 Å². The Kier molecular flexibility index (Phi) is 5.89. The van der Waals surface area contributed by atoms with Crippen molar-refractivity contribution >= 4 is 32.5 Å². The third kappa shape index (κ3) is 4.69. The number of furan rings is 1. The van der Waals surface area contributed by atoms with Crippen LogP contribution in [0.4, 0.5) is 0 Å². The lowest BCUT2D eigenvalue weighted by molar-refractivity contribution is -0.134. The lowest BCUT2D eigenvalue weighted by Gasteiger charge is -2.20. The second-order valence-electron chi connectivity index (χ2n) is 8.42. The summed E-state index contributed by atoms with van der Waals surface area (Å²) in [6.45, 7) is -0.109. The van der Waals surface area contributed by atoms with Crippen molar-refractivity contribution in [2.45, 2.75) is 24.8 Å². The number of fused-ring (bicyclic) bond motifs is 1. The molecule has 1 amide bonds. The number of benzene rings is 2. The average Bonchev–Trinajstić information content (AvgIpc) is 3.57. The van der Waals surface area contributed by atoms with Gasteiger partial charge in [-0.05, 0) is 54.1 Å². The summed E-state index contributed by atoms with van der Waals surface area (Å²) in [5.74, 6) is 1.10. The number of carbonyl (C=O) groups excluding carboxylic acids is 1. The third-order valence-corrected chi connectivity index (χ3v) is 6.66. The number of hydrogen-bond acceptors (Lipinski definition) is 7. The number of hydrazone groups is 1. The first-order chi connectivity index (χ1) is 16.8. The highest BCUT2D eigenvalue weighted by Crippen LogP contribution is 2.34. The van der Waals surface area contributed by atoms with Crippen LogP contribution in [-0.2, 0) is 26.9 Å². The monoisotopic (exact) mass is 492 g/mol. The van der Waals surface area contributed by atoms with Crippen LogP contribution in [0.2, 0.25) is 0 Å². The number of sulfone groups is 1. The molecule has 2 aromatic carbocycles. The molecule has 0 saturated heterocycles. The van der Waals surface area contributed by atoms with E-state index >= 15 is 0 Å². The zero-order valence-electron chi connectivity index (χ0n) is 19.3. The van der Waals surface area contributed by atoms with E-state index in [-0.39, 0.29) is 18.2 Å². The summed E-state index contributed by atoms with van der Waals surface area (Å²) in [5.41, 5.74) is 2.94. The molecule has 35 heavy (non-hydrogen) atoms. The first-order valence-corrected chi connectivity index (χ1v) is 13.1. The SMILES string of the molecule is COc1ccc(C2=NN(C(=O)Cn3c(CS(C)(=O)=O)nc4ccccc43)[C@H](c3ccco3)C2)cc1. The molecule has 0 aliphatic carbocycles. The standard InChI is InChI=1S/C25H24N4O5S/c1-33-18-11-9-17(10-12-18)20-14-22(23-8-5-13-34-23)29(27-20)25(30)15-28-21-7-4-3-6-19(21)26-24(28)16-35(2,31)32/h3-13,22H,14-16H2,1-2H3/t22-/m0/s1. The van der Waals surface area contributed by atoms with Gasteiger partial charge in [0, 0.05) is 12.7 Å². The lowest BCUT2D eigenvalue weighted by Crippen LogP contribution is -2.31. The molecule has 9 nitrogen and oxygen atoms in total. The number of imidazole rings is 1. The summed E-state index contributed by atoms with van der Waals surface area (Å²) in [6, 6.07) is 17.9. The van der Waals surface area contributed by atoms with Crippen molar-refractivity contribution in [2.75, 3.05) is 13.4 Å². The van der Waals surface area contributed by atoms with E-state index in [1.54, 1.807) is 30.1 Å². The Bertz CT molecular complexity index is 1510. The summed E-state index contributed by atoms with van der Waals surface area (Å²) in [6.07, 6.45) is 3.20. The van der Waals surface area contributed by atoms with Gasteiger partial charge in [-0.3, -0.25) is 4.79 Å². The van der Waals surface area contributed by atoms with E-state index in [0.29, 0.717) is 29.0 Å². The fourth-order valence-corrected chi connectivity index (χ4v) is 4.94. The quantitative estimate of drug-likeness (QED) is 0.390. The number of nitrogens with zero attached hydrogens (tertiary/aromatic N) is 4. The van der Waals surface area contributed by atoms with Crippen molar-refractivity contribution in [2.24, 2.45) is 5.10 Å². The molecule has 0 N–H and O–H groups in total. The smallest absolute Gasteiger partial charge is 0.263 e. The second-order valence-corrected chi connectivity index (χ2v) is 10.6. The first-order valence-electron chi connectivity index (χ1n) is 11.0. The first kappa shape index (κ1) is 22.9. The van der Waals surface area contributed by atoms with Crippen LogP contribution in [0.1, 0.15) is 29.6 Å². The number of hydrogen-bond donors (Lipinski definition) is 0. The highest BCUT2D eigenvalue weighted by molar-refractivity contribution is 7.89. The molecular formula is C25H24N4O5S. The molecule has 3 heterocycles. The number of amides is 1. The molecular weight excluding hydrogens is 468 g/mol. The highest BCUT2D eigenvalue weighted by atomic mass is 32.2. The third-order valence-electron chi connectivity index (χ3n) is 5.88. The minimum Gasteiger partial charge on any atom is -0.497 e. The number of rotatable bonds is 7. The van der Waals surface area contributed by atoms with Crippen molar-refractivity contribution in [1.82, 2.24) is 14.6 Å².